The van der Waals surface area contributed by atoms with Gasteiger partial charge in [0, 0.05) is 22.0 Å². The van der Waals surface area contributed by atoms with Crippen molar-refractivity contribution in [3.8, 4) is 0 Å². The van der Waals surface area contributed by atoms with Crippen LogP contribution in [-0.4, -0.2) is 39.5 Å². The number of nitrogens with one attached hydrogen (secondary N) is 1. The molecule has 2 unspecified atom stereocenters. The standard InChI is InChI=1S/C23H24BrN3O2S/c24-17-7-5-6-16(12-17)13-21-23(29)27(19-9-1-2-10-20(19)30-21)15-22(28)26-14-18-8-3-4-11-25-18/h3-8,11-13,19-20H,1-2,9-10,14-15H2,(H,26,28)/b21-13+. The van der Waals surface area contributed by atoms with Gasteiger partial charge in [-0.2, -0.15) is 0 Å². The maximum absolute atomic E-state index is 13.3. The lowest BCUT2D eigenvalue weighted by Gasteiger charge is -2.43. The summed E-state index contributed by atoms with van der Waals surface area (Å²) in [7, 11) is 0. The van der Waals surface area contributed by atoms with Crippen molar-refractivity contribution in [3.05, 3.63) is 69.3 Å². The Morgan fingerprint density at radius 1 is 1.23 bits per heavy atom. The van der Waals surface area contributed by atoms with Gasteiger partial charge in [-0.1, -0.05) is 47.0 Å². The van der Waals surface area contributed by atoms with Crippen LogP contribution in [0.25, 0.3) is 6.08 Å². The molecule has 7 heteroatoms. The molecule has 2 heterocycles. The molecule has 0 bridgehead atoms. The highest BCUT2D eigenvalue weighted by atomic mass is 79.9. The first-order chi connectivity index (χ1) is 14.6. The van der Waals surface area contributed by atoms with Crippen LogP contribution >= 0.6 is 27.7 Å². The van der Waals surface area contributed by atoms with Gasteiger partial charge in [0.25, 0.3) is 5.91 Å². The minimum Gasteiger partial charge on any atom is -0.349 e. The molecule has 2 fully saturated rings. The van der Waals surface area contributed by atoms with Crippen LogP contribution in [0.1, 0.15) is 36.9 Å². The molecule has 4 rings (SSSR count). The Kier molecular flexibility index (Phi) is 6.89. The fraction of sp³-hybridized carbons (Fsp3) is 0.348. The largest absolute Gasteiger partial charge is 0.349 e. The summed E-state index contributed by atoms with van der Waals surface area (Å²) in [6, 6.07) is 13.6. The van der Waals surface area contributed by atoms with E-state index in [2.05, 4.69) is 26.2 Å². The Bertz CT molecular complexity index is 950. The molecule has 2 atom stereocenters. The van der Waals surface area contributed by atoms with E-state index < -0.39 is 0 Å². The number of hydrogen-bond acceptors (Lipinski definition) is 4. The van der Waals surface area contributed by atoms with Crippen molar-refractivity contribution in [2.24, 2.45) is 0 Å². The van der Waals surface area contributed by atoms with Gasteiger partial charge in [0.15, 0.2) is 0 Å². The third kappa shape index (κ3) is 5.13. The number of amides is 2. The molecule has 1 aliphatic heterocycles. The van der Waals surface area contributed by atoms with Crippen LogP contribution < -0.4 is 5.32 Å². The maximum atomic E-state index is 13.3. The number of fused-ring (bicyclic) bond motifs is 1. The fourth-order valence-electron chi connectivity index (χ4n) is 4.01. The van der Waals surface area contributed by atoms with E-state index in [1.165, 1.54) is 6.42 Å². The van der Waals surface area contributed by atoms with Crippen molar-refractivity contribution < 1.29 is 9.59 Å². The number of nitrogens with zero attached hydrogens (tertiary/aromatic N) is 2. The molecular weight excluding hydrogens is 462 g/mol. The summed E-state index contributed by atoms with van der Waals surface area (Å²) in [5, 5.41) is 3.25. The smallest absolute Gasteiger partial charge is 0.261 e. The average Bonchev–Trinajstić information content (AvgIpc) is 2.76. The average molecular weight is 486 g/mol. The highest BCUT2D eigenvalue weighted by Gasteiger charge is 2.41. The summed E-state index contributed by atoms with van der Waals surface area (Å²) in [6.07, 6.45) is 7.96. The summed E-state index contributed by atoms with van der Waals surface area (Å²) in [4.78, 5) is 32.7. The molecular formula is C23H24BrN3O2S. The van der Waals surface area contributed by atoms with Gasteiger partial charge in [-0.3, -0.25) is 14.6 Å². The van der Waals surface area contributed by atoms with Crippen LogP contribution in [0.15, 0.2) is 58.0 Å². The molecule has 2 amide bonds. The summed E-state index contributed by atoms with van der Waals surface area (Å²) < 4.78 is 0.978. The minimum atomic E-state index is -0.146. The van der Waals surface area contributed by atoms with Gasteiger partial charge < -0.3 is 10.2 Å². The zero-order chi connectivity index (χ0) is 20.9. The molecule has 1 saturated carbocycles. The van der Waals surface area contributed by atoms with Crippen molar-refractivity contribution in [1.82, 2.24) is 15.2 Å². The van der Waals surface area contributed by atoms with Gasteiger partial charge in [-0.05, 0) is 48.7 Å². The predicted molar refractivity (Wildman–Crippen MR) is 124 cm³/mol. The van der Waals surface area contributed by atoms with Gasteiger partial charge in [0.1, 0.15) is 6.54 Å². The highest BCUT2D eigenvalue weighted by molar-refractivity contribution is 9.10. The lowest BCUT2D eigenvalue weighted by Crippen LogP contribution is -2.54. The van der Waals surface area contributed by atoms with Gasteiger partial charge in [-0.15, -0.1) is 11.8 Å². The third-order valence-electron chi connectivity index (χ3n) is 5.47. The number of halogens is 1. The van der Waals surface area contributed by atoms with Crippen LogP contribution in [0.4, 0.5) is 0 Å². The first-order valence-corrected chi connectivity index (χ1v) is 11.9. The Balaban J connectivity index is 1.50. The molecule has 2 aromatic rings. The van der Waals surface area contributed by atoms with Crippen LogP contribution in [0.3, 0.4) is 0 Å². The molecule has 30 heavy (non-hydrogen) atoms. The number of carbonyl (C=O) groups excluding carboxylic acids is 2. The zero-order valence-electron chi connectivity index (χ0n) is 16.6. The van der Waals surface area contributed by atoms with Crippen LogP contribution in [-0.2, 0) is 16.1 Å². The van der Waals surface area contributed by atoms with Gasteiger partial charge >= 0.3 is 0 Å². The summed E-state index contributed by atoms with van der Waals surface area (Å²) in [5.41, 5.74) is 1.78. The van der Waals surface area contributed by atoms with Crippen LogP contribution in [0.2, 0.25) is 0 Å². The quantitative estimate of drug-likeness (QED) is 0.637. The van der Waals surface area contributed by atoms with E-state index in [0.717, 1.165) is 35.0 Å². The number of hydrogen-bond donors (Lipinski definition) is 1. The van der Waals surface area contributed by atoms with Crippen molar-refractivity contribution in [1.29, 1.82) is 0 Å². The SMILES string of the molecule is O=C(CN1C(=O)/C(=C\c2cccc(Br)c2)SC2CCCCC21)NCc1ccccn1. The Labute approximate surface area is 189 Å². The fourth-order valence-corrected chi connectivity index (χ4v) is 5.90. The number of carbonyl (C=O) groups is 2. The third-order valence-corrected chi connectivity index (χ3v) is 7.36. The molecule has 0 radical (unpaired) electrons. The topological polar surface area (TPSA) is 62.3 Å². The van der Waals surface area contributed by atoms with Crippen molar-refractivity contribution in [2.45, 2.75) is 43.5 Å². The minimum absolute atomic E-state index is 0.0453. The van der Waals surface area contributed by atoms with E-state index in [-0.39, 0.29) is 24.4 Å². The van der Waals surface area contributed by atoms with Crippen molar-refractivity contribution in [3.63, 3.8) is 0 Å². The molecule has 2 aliphatic rings. The van der Waals surface area contributed by atoms with E-state index in [1.54, 1.807) is 22.9 Å². The van der Waals surface area contributed by atoms with Crippen molar-refractivity contribution in [2.75, 3.05) is 6.54 Å². The number of thioether (sulfide) groups is 1. The second-order valence-electron chi connectivity index (χ2n) is 7.60. The maximum Gasteiger partial charge on any atom is 0.261 e. The summed E-state index contributed by atoms with van der Waals surface area (Å²) in [6.45, 7) is 0.453. The molecule has 1 saturated heterocycles. The molecule has 0 spiro atoms. The molecule has 5 nitrogen and oxygen atoms in total. The first-order valence-electron chi connectivity index (χ1n) is 10.2. The zero-order valence-corrected chi connectivity index (χ0v) is 19.0. The van der Waals surface area contributed by atoms with E-state index in [4.69, 9.17) is 0 Å². The second kappa shape index (κ2) is 9.79. The Morgan fingerprint density at radius 2 is 2.10 bits per heavy atom. The lowest BCUT2D eigenvalue weighted by molar-refractivity contribution is -0.135. The normalized spacial score (nSPS) is 22.6. The number of rotatable bonds is 5. The van der Waals surface area contributed by atoms with E-state index in [9.17, 15) is 9.59 Å². The number of benzene rings is 1. The molecule has 1 aromatic heterocycles. The van der Waals surface area contributed by atoms with Gasteiger partial charge in [-0.25, -0.2) is 0 Å². The summed E-state index contributed by atoms with van der Waals surface area (Å²) in [5.74, 6) is -0.192. The van der Waals surface area contributed by atoms with Crippen molar-refractivity contribution >= 4 is 45.6 Å². The molecule has 1 N–H and O–H groups in total. The van der Waals surface area contributed by atoms with Crippen LogP contribution in [0.5, 0.6) is 0 Å². The monoisotopic (exact) mass is 485 g/mol. The van der Waals surface area contributed by atoms with Crippen LogP contribution in [0, 0.1) is 0 Å². The van der Waals surface area contributed by atoms with E-state index >= 15 is 0 Å². The predicted octanol–water partition coefficient (Wildman–Crippen LogP) is 4.39. The Morgan fingerprint density at radius 3 is 2.90 bits per heavy atom. The highest BCUT2D eigenvalue weighted by Crippen LogP contribution is 2.42. The van der Waals surface area contributed by atoms with Gasteiger partial charge in [0.2, 0.25) is 5.91 Å². The van der Waals surface area contributed by atoms with Gasteiger partial charge in [0.05, 0.1) is 17.1 Å². The first kappa shape index (κ1) is 21.1. The Hall–Kier alpha value is -2.12. The molecule has 156 valence electrons. The van der Waals surface area contributed by atoms with E-state index in [0.29, 0.717) is 16.7 Å². The number of aromatic nitrogens is 1. The second-order valence-corrected chi connectivity index (χ2v) is 9.80. The molecule has 1 aromatic carbocycles. The van der Waals surface area contributed by atoms with E-state index in [1.807, 2.05) is 48.5 Å². The lowest BCUT2D eigenvalue weighted by atomic mass is 9.93. The number of pyridine rings is 1. The molecule has 1 aliphatic carbocycles. The summed E-state index contributed by atoms with van der Waals surface area (Å²) >= 11 is 5.17.